The Morgan fingerprint density at radius 1 is 0.275 bits per heavy atom. The number of fused-ring (bicyclic) bond motifs is 6. The molecule has 69 heavy (non-hydrogen) atoms. The van der Waals surface area contributed by atoms with Gasteiger partial charge >= 0.3 is 0 Å². The largest absolute Gasteiger partial charge is 0.455 e. The van der Waals surface area contributed by atoms with Crippen molar-refractivity contribution in [3.8, 4) is 61.3 Å². The van der Waals surface area contributed by atoms with E-state index in [1.54, 1.807) is 0 Å². The Hall–Kier alpha value is -9.18. The first kappa shape index (κ1) is 40.1. The van der Waals surface area contributed by atoms with E-state index in [0.717, 1.165) is 72.5 Å². The molecule has 0 aliphatic heterocycles. The molecule has 2 heterocycles. The summed E-state index contributed by atoms with van der Waals surface area (Å²) >= 11 is 0. The van der Waals surface area contributed by atoms with Crippen molar-refractivity contribution in [1.82, 2.24) is 4.57 Å². The molecule has 0 saturated carbocycles. The van der Waals surface area contributed by atoms with Crippen molar-refractivity contribution < 1.29 is 4.42 Å². The second-order valence-corrected chi connectivity index (χ2v) is 17.7. The summed E-state index contributed by atoms with van der Waals surface area (Å²) in [6, 6.07) is 96.0. The van der Waals surface area contributed by atoms with Crippen molar-refractivity contribution in [2.75, 3.05) is 4.90 Å². The van der Waals surface area contributed by atoms with Gasteiger partial charge in [0.1, 0.15) is 11.2 Å². The number of furan rings is 1. The number of hydrogen-bond acceptors (Lipinski definition) is 2. The third kappa shape index (κ3) is 7.16. The van der Waals surface area contributed by atoms with Crippen molar-refractivity contribution in [2.45, 2.75) is 0 Å². The van der Waals surface area contributed by atoms with Crippen LogP contribution in [0.4, 0.5) is 17.1 Å². The second-order valence-electron chi connectivity index (χ2n) is 17.7. The minimum absolute atomic E-state index is 0.899. The summed E-state index contributed by atoms with van der Waals surface area (Å²) in [7, 11) is 0. The van der Waals surface area contributed by atoms with Gasteiger partial charge in [-0.1, -0.05) is 194 Å². The highest BCUT2D eigenvalue weighted by Crippen LogP contribution is 2.42. The topological polar surface area (TPSA) is 21.3 Å². The molecule has 11 aromatic carbocycles. The molecule has 13 aromatic rings. The number of benzene rings is 11. The van der Waals surface area contributed by atoms with Crippen molar-refractivity contribution >= 4 is 60.8 Å². The molecule has 3 heteroatoms. The van der Waals surface area contributed by atoms with Gasteiger partial charge < -0.3 is 13.9 Å². The third-order valence-electron chi connectivity index (χ3n) is 13.6. The van der Waals surface area contributed by atoms with Gasteiger partial charge in [0.15, 0.2) is 0 Å². The summed E-state index contributed by atoms with van der Waals surface area (Å²) < 4.78 is 8.88. The molecule has 0 aliphatic carbocycles. The molecule has 0 unspecified atom stereocenters. The molecule has 0 N–H and O–H groups in total. The maximum Gasteiger partial charge on any atom is 0.143 e. The van der Waals surface area contributed by atoms with Crippen LogP contribution in [0.1, 0.15) is 0 Å². The van der Waals surface area contributed by atoms with Crippen LogP contribution in [0.25, 0.3) is 105 Å². The molecular weight excluding hydrogens is 837 g/mol. The van der Waals surface area contributed by atoms with E-state index < -0.39 is 0 Å². The molecular formula is C66H44N2O. The van der Waals surface area contributed by atoms with Gasteiger partial charge in [0.2, 0.25) is 0 Å². The lowest BCUT2D eigenvalue weighted by Gasteiger charge is -2.26. The van der Waals surface area contributed by atoms with Crippen LogP contribution in [-0.2, 0) is 0 Å². The lowest BCUT2D eigenvalue weighted by atomic mass is 9.97. The molecule has 0 atom stereocenters. The molecule has 3 nitrogen and oxygen atoms in total. The molecule has 0 amide bonds. The number of aromatic nitrogens is 1. The van der Waals surface area contributed by atoms with Crippen LogP contribution in [0.5, 0.6) is 0 Å². The van der Waals surface area contributed by atoms with Crippen molar-refractivity contribution in [3.63, 3.8) is 0 Å². The van der Waals surface area contributed by atoms with Gasteiger partial charge in [-0.2, -0.15) is 0 Å². The van der Waals surface area contributed by atoms with Gasteiger partial charge in [0, 0.05) is 49.7 Å². The predicted molar refractivity (Wildman–Crippen MR) is 290 cm³/mol. The second kappa shape index (κ2) is 16.9. The quantitative estimate of drug-likeness (QED) is 0.144. The maximum atomic E-state index is 6.47. The summed E-state index contributed by atoms with van der Waals surface area (Å²) in [6.45, 7) is 0. The van der Waals surface area contributed by atoms with E-state index >= 15 is 0 Å². The average Bonchev–Trinajstić information content (AvgIpc) is 3.98. The van der Waals surface area contributed by atoms with Crippen molar-refractivity contribution in [1.29, 1.82) is 0 Å². The number of rotatable bonds is 9. The minimum Gasteiger partial charge on any atom is -0.455 e. The van der Waals surface area contributed by atoms with Crippen LogP contribution in [0, 0.1) is 0 Å². The fourth-order valence-corrected chi connectivity index (χ4v) is 10.3. The summed E-state index contributed by atoms with van der Waals surface area (Å²) in [6.07, 6.45) is 0. The Morgan fingerprint density at radius 3 is 1.45 bits per heavy atom. The Bertz CT molecular complexity index is 3960. The van der Waals surface area contributed by atoms with Gasteiger partial charge in [-0.25, -0.2) is 0 Å². The normalized spacial score (nSPS) is 11.5. The molecule has 324 valence electrons. The van der Waals surface area contributed by atoms with E-state index in [2.05, 4.69) is 264 Å². The van der Waals surface area contributed by atoms with Gasteiger partial charge in [-0.3, -0.25) is 0 Å². The average molecular weight is 881 g/mol. The first-order chi connectivity index (χ1) is 34.2. The number of anilines is 3. The molecule has 2 aromatic heterocycles. The van der Waals surface area contributed by atoms with Crippen molar-refractivity contribution in [2.24, 2.45) is 0 Å². The zero-order valence-electron chi connectivity index (χ0n) is 37.7. The molecule has 0 fully saturated rings. The zero-order chi connectivity index (χ0) is 45.7. The van der Waals surface area contributed by atoms with Crippen LogP contribution in [-0.4, -0.2) is 4.57 Å². The molecule has 0 radical (unpaired) electrons. The first-order valence-corrected chi connectivity index (χ1v) is 23.6. The Labute approximate surface area is 401 Å². The zero-order valence-corrected chi connectivity index (χ0v) is 37.7. The van der Waals surface area contributed by atoms with Crippen molar-refractivity contribution in [3.05, 3.63) is 267 Å². The fraction of sp³-hybridized carbons (Fsp3) is 0. The van der Waals surface area contributed by atoms with Crippen LogP contribution in [0.3, 0.4) is 0 Å². The van der Waals surface area contributed by atoms with Gasteiger partial charge in [0.05, 0.1) is 16.7 Å². The highest BCUT2D eigenvalue weighted by Gasteiger charge is 2.18. The Morgan fingerprint density at radius 2 is 0.739 bits per heavy atom. The minimum atomic E-state index is 0.899. The number of hydrogen-bond donors (Lipinski definition) is 0. The van der Waals surface area contributed by atoms with Gasteiger partial charge in [0.25, 0.3) is 0 Å². The SMILES string of the molecule is c1ccc(-c2cccc(-c3cccc(N(c4ccc(-c5cccc(-c6ccccc6-n6c7ccccc7c7ccccc76)c5)cc4)c4ccc(-c5cccc6c5oc5ccccc56)cc4)c3)c2)cc1. The lowest BCUT2D eigenvalue weighted by Crippen LogP contribution is -2.10. The highest BCUT2D eigenvalue weighted by molar-refractivity contribution is 6.11. The summed E-state index contributed by atoms with van der Waals surface area (Å²) in [5, 5.41) is 4.77. The van der Waals surface area contributed by atoms with E-state index in [9.17, 15) is 0 Å². The fourth-order valence-electron chi connectivity index (χ4n) is 10.3. The van der Waals surface area contributed by atoms with E-state index in [4.69, 9.17) is 4.42 Å². The monoisotopic (exact) mass is 880 g/mol. The highest BCUT2D eigenvalue weighted by atomic mass is 16.3. The number of para-hydroxylation sites is 5. The van der Waals surface area contributed by atoms with E-state index in [0.29, 0.717) is 0 Å². The standard InChI is InChI=1S/C66H44N2O/c1-2-16-45(17-3-1)48-18-12-20-50(42-48)51-21-14-23-55(44-51)67(54-40-36-47(37-41-54)57-28-15-29-61-60-27-7-11-33-65(60)69-66(57)61)53-38-34-46(35-39-53)49-19-13-22-52(43-49)56-24-4-8-30-62(56)68-63-31-9-5-25-58(63)59-26-6-10-32-64(59)68/h1-44H. The predicted octanol–water partition coefficient (Wildman–Crippen LogP) is 18.5. The Kier molecular flexibility index (Phi) is 9.84. The summed E-state index contributed by atoms with van der Waals surface area (Å²) in [4.78, 5) is 2.36. The molecule has 0 saturated heterocycles. The third-order valence-corrected chi connectivity index (χ3v) is 13.6. The summed E-state index contributed by atoms with van der Waals surface area (Å²) in [5.74, 6) is 0. The van der Waals surface area contributed by atoms with Gasteiger partial charge in [-0.05, 0) is 117 Å². The van der Waals surface area contributed by atoms with Crippen LogP contribution >= 0.6 is 0 Å². The van der Waals surface area contributed by atoms with Crippen LogP contribution in [0.2, 0.25) is 0 Å². The Balaban J connectivity index is 0.885. The number of nitrogens with zero attached hydrogens (tertiary/aromatic N) is 2. The van der Waals surface area contributed by atoms with Crippen LogP contribution in [0.15, 0.2) is 271 Å². The molecule has 0 spiro atoms. The van der Waals surface area contributed by atoms with Gasteiger partial charge in [-0.15, -0.1) is 0 Å². The van der Waals surface area contributed by atoms with E-state index in [1.165, 1.54) is 49.6 Å². The van der Waals surface area contributed by atoms with E-state index in [-0.39, 0.29) is 0 Å². The smallest absolute Gasteiger partial charge is 0.143 e. The molecule has 0 bridgehead atoms. The molecule has 0 aliphatic rings. The molecule has 13 rings (SSSR count). The van der Waals surface area contributed by atoms with Crippen LogP contribution < -0.4 is 4.90 Å². The lowest BCUT2D eigenvalue weighted by molar-refractivity contribution is 0.670. The summed E-state index contributed by atoms with van der Waals surface area (Å²) in [5.41, 5.74) is 20.1. The van der Waals surface area contributed by atoms with E-state index in [1.807, 2.05) is 12.1 Å². The first-order valence-electron chi connectivity index (χ1n) is 23.6. The maximum absolute atomic E-state index is 6.47.